The maximum atomic E-state index is 11.3. The van der Waals surface area contributed by atoms with Crippen molar-refractivity contribution >= 4 is 35.4 Å². The highest BCUT2D eigenvalue weighted by Crippen LogP contribution is 2.46. The van der Waals surface area contributed by atoms with Crippen LogP contribution < -0.4 is 23.3 Å². The van der Waals surface area contributed by atoms with E-state index in [0.717, 1.165) is 52.1 Å². The first kappa shape index (κ1) is 47.7. The molecule has 0 saturated carbocycles. The van der Waals surface area contributed by atoms with E-state index in [-0.39, 0.29) is 6.61 Å². The molecule has 1 unspecified atom stereocenters. The Morgan fingerprint density at radius 3 is 1.73 bits per heavy atom. The molecule has 0 aromatic heterocycles. The van der Waals surface area contributed by atoms with E-state index in [1.165, 1.54) is 23.2 Å². The van der Waals surface area contributed by atoms with Crippen molar-refractivity contribution < 1.29 is 47.7 Å². The molecule has 0 aliphatic carbocycles. The van der Waals surface area contributed by atoms with Gasteiger partial charge in [-0.05, 0) is 92.6 Å². The number of hydrogen-bond acceptors (Lipinski definition) is 10. The summed E-state index contributed by atoms with van der Waals surface area (Å²) in [6, 6.07) is 39.6. The Hall–Kier alpha value is -5.69. The van der Waals surface area contributed by atoms with Gasteiger partial charge in [-0.25, -0.2) is 9.59 Å². The van der Waals surface area contributed by atoms with Gasteiger partial charge < -0.3 is 43.0 Å². The standard InChI is InChI=1S/C25H25NO5.C16H18O2S.C4H8O3.C2H6/c1-2-29-24(25(27)28)17-18-11-13-19(14-12-18)30-16-15-26-20-7-3-5-9-22(20)31-23-10-6-4-8-21(23)26;1-13-3-7-15(8-4-13)17-12-11-14-5-9-16(10-6-14)18-19-2;1-2-7-3-4(5)6;1-2/h3-14,24H,2,15-17H2,1H3,(H,27,28);3-10H,11-12H2,1-2H3;2-3H2,1H3,(H,5,6);1-2H3. The number of benzene rings is 5. The first-order chi connectivity index (χ1) is 28.7. The van der Waals surface area contributed by atoms with E-state index >= 15 is 0 Å². The molecule has 5 aromatic rings. The second-order valence-electron chi connectivity index (χ2n) is 12.5. The lowest BCUT2D eigenvalue weighted by Gasteiger charge is -2.32. The lowest BCUT2D eigenvalue weighted by atomic mass is 10.1. The van der Waals surface area contributed by atoms with Gasteiger partial charge in [0.15, 0.2) is 17.6 Å². The molecule has 0 fully saturated rings. The zero-order valence-electron chi connectivity index (χ0n) is 34.8. The number of aliphatic carboxylic acids is 2. The summed E-state index contributed by atoms with van der Waals surface area (Å²) in [5.41, 5.74) is 5.41. The van der Waals surface area contributed by atoms with Crippen molar-refractivity contribution in [1.82, 2.24) is 0 Å². The normalized spacial score (nSPS) is 11.3. The maximum Gasteiger partial charge on any atom is 0.333 e. The molecule has 0 saturated heterocycles. The van der Waals surface area contributed by atoms with Gasteiger partial charge in [-0.2, -0.15) is 0 Å². The van der Waals surface area contributed by atoms with Crippen LogP contribution in [0, 0.1) is 6.92 Å². The largest absolute Gasteiger partial charge is 0.493 e. The number of ether oxygens (including phenoxy) is 5. The van der Waals surface area contributed by atoms with E-state index in [2.05, 4.69) is 40.8 Å². The number of hydrogen-bond donors (Lipinski definition) is 2. The second kappa shape index (κ2) is 27.1. The minimum atomic E-state index is -0.951. The number of carboxylic acids is 2. The molecule has 1 atom stereocenters. The predicted octanol–water partition coefficient (Wildman–Crippen LogP) is 10.4. The van der Waals surface area contributed by atoms with E-state index in [1.54, 1.807) is 13.8 Å². The predicted molar refractivity (Wildman–Crippen MR) is 235 cm³/mol. The number of carboxylic acid groups (broad SMARTS) is 2. The molecule has 0 bridgehead atoms. The van der Waals surface area contributed by atoms with Gasteiger partial charge in [-0.3, -0.25) is 0 Å². The van der Waals surface area contributed by atoms with Crippen LogP contribution in [0.3, 0.4) is 0 Å². The molecular formula is C47H57NO10S. The third-order valence-corrected chi connectivity index (χ3v) is 8.68. The Bertz CT molecular complexity index is 1890. The molecular weight excluding hydrogens is 771 g/mol. The van der Waals surface area contributed by atoms with Crippen molar-refractivity contribution in [2.75, 3.05) is 50.7 Å². The number of fused-ring (bicyclic) bond motifs is 2. The summed E-state index contributed by atoms with van der Waals surface area (Å²) in [6.07, 6.45) is 2.29. The molecule has 316 valence electrons. The Morgan fingerprint density at radius 2 is 1.22 bits per heavy atom. The third kappa shape index (κ3) is 17.0. The first-order valence-corrected chi connectivity index (χ1v) is 20.8. The van der Waals surface area contributed by atoms with E-state index in [4.69, 9.17) is 28.2 Å². The molecule has 0 amide bonds. The van der Waals surface area contributed by atoms with Gasteiger partial charge in [0.1, 0.15) is 30.5 Å². The van der Waals surface area contributed by atoms with Crippen molar-refractivity contribution in [3.8, 4) is 28.7 Å². The van der Waals surface area contributed by atoms with Gasteiger partial charge in [0, 0.05) is 32.3 Å². The van der Waals surface area contributed by atoms with Gasteiger partial charge >= 0.3 is 11.9 Å². The molecule has 5 aromatic carbocycles. The van der Waals surface area contributed by atoms with Gasteiger partial charge in [-0.1, -0.05) is 80.1 Å². The molecule has 2 N–H and O–H groups in total. The quantitative estimate of drug-likeness (QED) is 0.0815. The van der Waals surface area contributed by atoms with Crippen molar-refractivity contribution in [2.45, 2.75) is 53.6 Å². The van der Waals surface area contributed by atoms with Crippen LogP contribution >= 0.6 is 12.0 Å². The fraction of sp³-hybridized carbons (Fsp3) is 0.319. The summed E-state index contributed by atoms with van der Waals surface area (Å²) in [5.74, 6) is 2.33. The van der Waals surface area contributed by atoms with E-state index in [0.29, 0.717) is 39.4 Å². The van der Waals surface area contributed by atoms with Crippen LogP contribution in [0.25, 0.3) is 0 Å². The average Bonchev–Trinajstić information content (AvgIpc) is 3.25. The molecule has 6 rings (SSSR count). The first-order valence-electron chi connectivity index (χ1n) is 19.7. The van der Waals surface area contributed by atoms with Crippen LogP contribution in [-0.2, 0) is 31.9 Å². The number of anilines is 2. The van der Waals surface area contributed by atoms with Crippen LogP contribution in [0.1, 0.15) is 44.4 Å². The Balaban J connectivity index is 0.000000282. The lowest BCUT2D eigenvalue weighted by Crippen LogP contribution is -2.26. The molecule has 0 radical (unpaired) electrons. The van der Waals surface area contributed by atoms with Crippen LogP contribution in [0.2, 0.25) is 0 Å². The molecule has 1 heterocycles. The lowest BCUT2D eigenvalue weighted by molar-refractivity contribution is -0.150. The number of aryl methyl sites for hydroxylation is 1. The van der Waals surface area contributed by atoms with Crippen molar-refractivity contribution in [1.29, 1.82) is 0 Å². The Morgan fingerprint density at radius 1 is 0.695 bits per heavy atom. The van der Waals surface area contributed by atoms with Crippen molar-refractivity contribution in [3.05, 3.63) is 138 Å². The number of para-hydroxylation sites is 4. The molecule has 1 aliphatic rings. The highest BCUT2D eigenvalue weighted by Gasteiger charge is 2.23. The van der Waals surface area contributed by atoms with Crippen molar-refractivity contribution in [3.63, 3.8) is 0 Å². The smallest absolute Gasteiger partial charge is 0.333 e. The molecule has 1 aliphatic heterocycles. The number of nitrogens with zero attached hydrogens (tertiary/aromatic N) is 1. The van der Waals surface area contributed by atoms with Gasteiger partial charge in [0.05, 0.1) is 36.6 Å². The van der Waals surface area contributed by atoms with E-state index in [1.807, 2.05) is 117 Å². The molecule has 0 spiro atoms. The van der Waals surface area contributed by atoms with Crippen LogP contribution in [0.4, 0.5) is 11.4 Å². The summed E-state index contributed by atoms with van der Waals surface area (Å²) in [7, 11) is 0. The summed E-state index contributed by atoms with van der Waals surface area (Å²) < 4.78 is 32.8. The molecule has 11 nitrogen and oxygen atoms in total. The average molecular weight is 828 g/mol. The van der Waals surface area contributed by atoms with Crippen LogP contribution in [-0.4, -0.2) is 74.1 Å². The fourth-order valence-electron chi connectivity index (χ4n) is 5.55. The summed E-state index contributed by atoms with van der Waals surface area (Å²) in [4.78, 5) is 23.1. The maximum absolute atomic E-state index is 11.3. The van der Waals surface area contributed by atoms with Gasteiger partial charge in [0.25, 0.3) is 0 Å². The Labute approximate surface area is 353 Å². The Kier molecular flexibility index (Phi) is 21.9. The zero-order valence-corrected chi connectivity index (χ0v) is 35.6. The van der Waals surface area contributed by atoms with E-state index < -0.39 is 18.0 Å². The summed E-state index contributed by atoms with van der Waals surface area (Å²) in [6.45, 7) is 12.1. The van der Waals surface area contributed by atoms with E-state index in [9.17, 15) is 14.7 Å². The molecule has 59 heavy (non-hydrogen) atoms. The van der Waals surface area contributed by atoms with Crippen LogP contribution in [0.15, 0.2) is 121 Å². The SMILES string of the molecule is CC.CCOC(Cc1ccc(OCCN2c3ccccc3Oc3ccccc32)cc1)C(=O)O.CCOCC(=O)O.CSOc1ccc(CCOc2ccc(C)cc2)cc1. The summed E-state index contributed by atoms with van der Waals surface area (Å²) >= 11 is 1.35. The highest BCUT2D eigenvalue weighted by molar-refractivity contribution is 7.94. The molecule has 12 heteroatoms. The van der Waals surface area contributed by atoms with Gasteiger partial charge in [-0.15, -0.1) is 0 Å². The third-order valence-electron chi connectivity index (χ3n) is 8.32. The fourth-order valence-corrected chi connectivity index (χ4v) is 5.85. The monoisotopic (exact) mass is 827 g/mol. The van der Waals surface area contributed by atoms with Gasteiger partial charge in [0.2, 0.25) is 0 Å². The highest BCUT2D eigenvalue weighted by atomic mass is 32.2. The minimum absolute atomic E-state index is 0.184. The van der Waals surface area contributed by atoms with Crippen LogP contribution in [0.5, 0.6) is 28.7 Å². The second-order valence-corrected chi connectivity index (χ2v) is 13.0. The zero-order chi connectivity index (χ0) is 42.8. The van der Waals surface area contributed by atoms with Crippen molar-refractivity contribution in [2.24, 2.45) is 0 Å². The minimum Gasteiger partial charge on any atom is -0.493 e. The topological polar surface area (TPSA) is 133 Å². The number of rotatable bonds is 18. The summed E-state index contributed by atoms with van der Waals surface area (Å²) in [5, 5.41) is 17.2. The number of carbonyl (C=O) groups is 2.